The maximum absolute atomic E-state index is 13.3. The second-order valence-corrected chi connectivity index (χ2v) is 39.6. The Morgan fingerprint density at radius 3 is 1.24 bits per heavy atom. The quantitative estimate of drug-likeness (QED) is 0.117. The van der Waals surface area contributed by atoms with Crippen LogP contribution in [0.1, 0.15) is 236 Å². The Labute approximate surface area is 710 Å². The van der Waals surface area contributed by atoms with Crippen molar-refractivity contribution in [3.05, 3.63) is 153 Å². The highest BCUT2D eigenvalue weighted by Crippen LogP contribution is 2.72. The fraction of sp³-hybridized carbons (Fsp3) is 0.624. The fourth-order valence-electron chi connectivity index (χ4n) is 27.3. The lowest BCUT2D eigenvalue weighted by molar-refractivity contribution is -0.301. The van der Waals surface area contributed by atoms with E-state index in [0.29, 0.717) is 61.7 Å². The lowest BCUT2D eigenvalue weighted by atomic mass is 9.49. The van der Waals surface area contributed by atoms with Crippen molar-refractivity contribution in [1.29, 1.82) is 0 Å². The van der Waals surface area contributed by atoms with Crippen molar-refractivity contribution in [2.75, 3.05) is 26.4 Å². The number of ketones is 9. The lowest BCUT2D eigenvalue weighted by Gasteiger charge is -2.57. The molecule has 8 fully saturated rings. The number of fused-ring (bicyclic) bond motifs is 21. The molecule has 2 N–H and O–H groups in total. The van der Waals surface area contributed by atoms with Gasteiger partial charge in [-0.25, -0.2) is 0 Å². The van der Waals surface area contributed by atoms with Crippen LogP contribution in [0, 0.1) is 114 Å². The predicted octanol–water partition coefficient (Wildman–Crippen LogP) is 16.8. The molecule has 650 valence electrons. The molecule has 19 nitrogen and oxygen atoms in total. The van der Waals surface area contributed by atoms with E-state index >= 15 is 0 Å². The molecule has 0 aromatic carbocycles. The Kier molecular flexibility index (Phi) is 24.9. The Balaban J connectivity index is 0.000000155. The Bertz CT molecular complexity index is 4820. The highest BCUT2D eigenvalue weighted by molar-refractivity contribution is 6.04. The first-order valence-electron chi connectivity index (χ1n) is 42.9. The van der Waals surface area contributed by atoms with Gasteiger partial charge in [-0.3, -0.25) is 57.5 Å². The van der Waals surface area contributed by atoms with Gasteiger partial charge in [0.1, 0.15) is 24.4 Å². The van der Waals surface area contributed by atoms with Gasteiger partial charge in [0, 0.05) is 76.6 Å². The van der Waals surface area contributed by atoms with Gasteiger partial charge in [-0.2, -0.15) is 0 Å². The third kappa shape index (κ3) is 14.0. The molecule has 24 atom stereocenters. The van der Waals surface area contributed by atoms with Crippen LogP contribution in [0.25, 0.3) is 0 Å². The van der Waals surface area contributed by atoms with Crippen LogP contribution in [-0.2, 0) is 81.2 Å². The van der Waals surface area contributed by atoms with E-state index in [1.54, 1.807) is 43.4 Å². The maximum Gasteiger partial charge on any atom is 0.303 e. The Hall–Kier alpha value is -8.10. The van der Waals surface area contributed by atoms with Gasteiger partial charge in [-0.1, -0.05) is 155 Å². The molecule has 0 radical (unpaired) electrons. The van der Waals surface area contributed by atoms with Crippen LogP contribution in [0.2, 0.25) is 0 Å². The zero-order valence-electron chi connectivity index (χ0n) is 71.5. The molecule has 0 aromatic heterocycles. The standard InChI is InChI=1S/C26H32O5.2C24H30O5.C24H28O4.3CH4/c1-15-12-18-19(23(3)9-6-17(28)13-21(15)23)7-10-24(4)20(18)8-11-26(24)22(29)14-30-25(5,31-26)16(2)27;1-14-11-17-18(22(3)8-5-16(26)12-20(14)22)6-9-23(4)19(17)7-10-24(23,28)21(27)13-29-15(2)25;1-14-11-17-18(22(3)8-5-16(27)12-20(14)22)6-9-23(4)19(17)7-10-24(23,21(28)13-25)29-15(2)26;1-14-11-17-18-5-6-20(22(27)13-28-15(2)25)23(18,3)10-8-19(17)24(4)9-7-16(26)12-21(14)24;;;/h6-7,9,13,15,18,20H,8,10-12,14H2,1-5H3;5-6,8,12,14,17,19,28H,7,9-11,13H2,1-4H3;5-6,8,12,14,17,19,25H,7,9-11,13H2,1-4H3;6-9,12,14,17-18H,5,10-11,13H2,1-4H3;3*1H4/t15-,18?,20?,23+,24-,25?,26-;2*14-,17?,19?,22+,23-,24-;14-,17?,18?,23-,24+;;;/m0000.../s1. The van der Waals surface area contributed by atoms with Crippen LogP contribution in [0.3, 0.4) is 0 Å². The molecule has 1 saturated heterocycles. The Morgan fingerprint density at radius 1 is 0.450 bits per heavy atom. The smallest absolute Gasteiger partial charge is 0.303 e. The van der Waals surface area contributed by atoms with Crippen LogP contribution in [-0.4, -0.2) is 129 Å². The molecule has 16 aliphatic carbocycles. The van der Waals surface area contributed by atoms with E-state index in [1.807, 2.05) is 38.2 Å². The van der Waals surface area contributed by atoms with E-state index in [9.17, 15) is 67.7 Å². The SMILES string of the molecule is C.C.C.CC(=O)C1(C)OCC(=O)[C@]2(CCC3C4C[C@H](C)C5=CC(=O)C=C[C@]5(C)C4=CC[C@@]32C)O1.CC(=O)OCC(=O)C1=CCC2C3C[C@H](C)C4=CC(=O)C=C[C@]4(C)C3=CC[C@]12C.CC(=O)OCC(=O)[C@@]1(O)CCC2C3C[C@H](C)C4=CC(=O)C=C[C@]4(C)C3=CC[C@@]21C.CC(=O)O[C@]1(C(=O)CO)CCC2C3C[C@H](C)C4=CC(=O)C=C[C@]4(C)C3=CC[C@@]21C. The third-order valence-electron chi connectivity index (χ3n) is 33.5. The first-order chi connectivity index (χ1) is 54.7. The number of aliphatic hydroxyl groups excluding tert-OH is 1. The minimum atomic E-state index is -1.48. The summed E-state index contributed by atoms with van der Waals surface area (Å²) in [5.41, 5.74) is 4.63. The van der Waals surface area contributed by atoms with Gasteiger partial charge in [-0.15, -0.1) is 0 Å². The normalized spacial score (nSPS) is 42.3. The number of carbonyl (C=O) groups excluding carboxylic acids is 12. The topological polar surface area (TPSA) is 291 Å². The molecule has 0 amide bonds. The van der Waals surface area contributed by atoms with Crippen LogP contribution in [0.4, 0.5) is 0 Å². The molecule has 17 aliphatic rings. The van der Waals surface area contributed by atoms with E-state index in [-0.39, 0.29) is 156 Å². The maximum atomic E-state index is 13.3. The second kappa shape index (κ2) is 32.2. The summed E-state index contributed by atoms with van der Waals surface area (Å²) in [7, 11) is 0. The summed E-state index contributed by atoms with van der Waals surface area (Å²) in [6.45, 7) is 31.8. The molecular formula is C101H132O19. The average Bonchev–Trinajstić information content (AvgIpc) is 1.49. The number of ether oxygens (including phenoxy) is 5. The van der Waals surface area contributed by atoms with E-state index in [0.717, 1.165) is 69.8 Å². The molecule has 7 saturated carbocycles. The number of allylic oxidation sites excluding steroid dienone is 25. The number of hydrogen-bond acceptors (Lipinski definition) is 19. The van der Waals surface area contributed by atoms with Gasteiger partial charge in [0.15, 0.2) is 59.3 Å². The molecule has 1 spiro atoms. The molecule has 1 heterocycles. The first kappa shape index (κ1) is 92.6. The first-order valence-corrected chi connectivity index (χ1v) is 42.9. The summed E-state index contributed by atoms with van der Waals surface area (Å²) in [4.78, 5) is 146. The molecule has 0 bridgehead atoms. The second-order valence-electron chi connectivity index (χ2n) is 39.6. The highest BCUT2D eigenvalue weighted by Gasteiger charge is 2.72. The molecule has 19 heteroatoms. The van der Waals surface area contributed by atoms with E-state index in [1.165, 1.54) is 72.3 Å². The minimum Gasteiger partial charge on any atom is -0.458 e. The number of Topliss-reactive ketones (excluding diaryl/α,β-unsaturated/α-hetero) is 5. The van der Waals surface area contributed by atoms with Crippen molar-refractivity contribution in [1.82, 2.24) is 0 Å². The van der Waals surface area contributed by atoms with Crippen molar-refractivity contribution in [2.45, 2.75) is 259 Å². The zero-order chi connectivity index (χ0) is 85.0. The van der Waals surface area contributed by atoms with Gasteiger partial charge in [0.05, 0.1) is 0 Å². The van der Waals surface area contributed by atoms with Gasteiger partial charge in [0.2, 0.25) is 17.4 Å². The summed E-state index contributed by atoms with van der Waals surface area (Å²) < 4.78 is 27.6. The van der Waals surface area contributed by atoms with Crippen LogP contribution in [0.15, 0.2) is 153 Å². The zero-order valence-corrected chi connectivity index (χ0v) is 71.5. The summed E-state index contributed by atoms with van der Waals surface area (Å²) in [6.07, 6.45) is 44.7. The van der Waals surface area contributed by atoms with Gasteiger partial charge >= 0.3 is 17.9 Å². The minimum absolute atomic E-state index is 0. The molecule has 17 rings (SSSR count). The van der Waals surface area contributed by atoms with Crippen LogP contribution in [0.5, 0.6) is 0 Å². The lowest BCUT2D eigenvalue weighted by Crippen LogP contribution is -2.65. The van der Waals surface area contributed by atoms with Crippen molar-refractivity contribution in [3.63, 3.8) is 0 Å². The monoisotopic (exact) mass is 1650 g/mol. The van der Waals surface area contributed by atoms with Crippen LogP contribution >= 0.6 is 0 Å². The third-order valence-corrected chi connectivity index (χ3v) is 33.5. The van der Waals surface area contributed by atoms with Crippen molar-refractivity contribution in [2.24, 2.45) is 114 Å². The van der Waals surface area contributed by atoms with Crippen molar-refractivity contribution < 1.29 is 91.4 Å². The summed E-state index contributed by atoms with van der Waals surface area (Å²) in [5.74, 6) is -0.205. The number of carbonyl (C=O) groups is 12. The fourth-order valence-corrected chi connectivity index (χ4v) is 27.3. The van der Waals surface area contributed by atoms with E-state index in [2.05, 4.69) is 112 Å². The number of esters is 3. The van der Waals surface area contributed by atoms with Crippen molar-refractivity contribution in [3.8, 4) is 0 Å². The molecular weight excluding hydrogens is 1520 g/mol. The summed E-state index contributed by atoms with van der Waals surface area (Å²) in [6, 6.07) is 0. The average molecular weight is 1650 g/mol. The highest BCUT2D eigenvalue weighted by atomic mass is 16.7. The van der Waals surface area contributed by atoms with E-state index < -0.39 is 69.5 Å². The molecule has 1 aliphatic heterocycles. The van der Waals surface area contributed by atoms with Crippen molar-refractivity contribution >= 4 is 70.0 Å². The van der Waals surface area contributed by atoms with E-state index in [4.69, 9.17) is 23.7 Å². The molecule has 120 heavy (non-hydrogen) atoms. The number of hydrogen-bond donors (Lipinski definition) is 2. The molecule has 9 unspecified atom stereocenters. The molecule has 0 aromatic rings. The van der Waals surface area contributed by atoms with Gasteiger partial charge < -0.3 is 33.9 Å². The summed E-state index contributed by atoms with van der Waals surface area (Å²) in [5, 5.41) is 21.1. The van der Waals surface area contributed by atoms with Gasteiger partial charge in [0.25, 0.3) is 0 Å². The van der Waals surface area contributed by atoms with Crippen LogP contribution < -0.4 is 0 Å². The van der Waals surface area contributed by atoms with Gasteiger partial charge in [-0.05, 0) is 273 Å². The Morgan fingerprint density at radius 2 is 0.825 bits per heavy atom. The number of aliphatic hydroxyl groups is 2. The largest absolute Gasteiger partial charge is 0.458 e. The summed E-state index contributed by atoms with van der Waals surface area (Å²) >= 11 is 0. The predicted molar refractivity (Wildman–Crippen MR) is 457 cm³/mol. The number of rotatable bonds is 10.